The van der Waals surface area contributed by atoms with Gasteiger partial charge in [0.15, 0.2) is 0 Å². The molecular weight excluding hydrogens is 434 g/mol. The summed E-state index contributed by atoms with van der Waals surface area (Å²) in [5.74, 6) is 0.0206. The van der Waals surface area contributed by atoms with E-state index in [-0.39, 0.29) is 23.8 Å². The molecule has 34 heavy (non-hydrogen) atoms. The SMILES string of the molecule is C[C@@H]1NC(=O)[C@@]2(C[C@]3(O2)c2ccccc2N2C(=O)C(C)(C)N[C@H]23)n2c1nc1ccccc1c2=O. The summed E-state index contributed by atoms with van der Waals surface area (Å²) < 4.78 is 8.10. The standard InChI is InChI=1S/C25H23N5O4/c1-13-18-27-16-10-6-4-8-14(16)19(31)30(18)25(21(32)26-13)12-24(34-25)15-9-5-7-11-17(15)29-20(24)28-23(2,3)22(29)33/h4-11,13,20,28H,12H2,1-3H3,(H,26,32)/t13-,20+,24-,25-/m0/s1. The Morgan fingerprint density at radius 2 is 1.76 bits per heavy atom. The summed E-state index contributed by atoms with van der Waals surface area (Å²) in [7, 11) is 0. The summed E-state index contributed by atoms with van der Waals surface area (Å²) in [6, 6.07) is 14.3. The van der Waals surface area contributed by atoms with Crippen LogP contribution in [0.4, 0.5) is 5.69 Å². The summed E-state index contributed by atoms with van der Waals surface area (Å²) in [4.78, 5) is 46.8. The molecule has 0 radical (unpaired) electrons. The van der Waals surface area contributed by atoms with Crippen LogP contribution in [-0.2, 0) is 25.7 Å². The number of fused-ring (bicyclic) bond motifs is 8. The highest BCUT2D eigenvalue weighted by molar-refractivity contribution is 6.05. The lowest BCUT2D eigenvalue weighted by Gasteiger charge is -2.57. The number of carbonyl (C=O) groups excluding carboxylic acids is 2. The number of benzene rings is 2. The number of nitrogens with one attached hydrogen (secondary N) is 2. The largest absolute Gasteiger partial charge is 0.342 e. The van der Waals surface area contributed by atoms with Crippen LogP contribution in [0.2, 0.25) is 0 Å². The van der Waals surface area contributed by atoms with Crippen molar-refractivity contribution in [2.45, 2.75) is 56.3 Å². The van der Waals surface area contributed by atoms with Crippen LogP contribution in [0.25, 0.3) is 10.9 Å². The van der Waals surface area contributed by atoms with Crippen molar-refractivity contribution >= 4 is 28.4 Å². The molecule has 0 aliphatic carbocycles. The van der Waals surface area contributed by atoms with Crippen LogP contribution in [0.3, 0.4) is 0 Å². The molecular formula is C25H23N5O4. The highest BCUT2D eigenvalue weighted by Crippen LogP contribution is 2.62. The molecule has 9 nitrogen and oxygen atoms in total. The lowest BCUT2D eigenvalue weighted by Crippen LogP contribution is -2.74. The van der Waals surface area contributed by atoms with Crippen LogP contribution in [-0.4, -0.2) is 33.1 Å². The number of nitrogens with zero attached hydrogens (tertiary/aromatic N) is 3. The minimum atomic E-state index is -1.55. The summed E-state index contributed by atoms with van der Waals surface area (Å²) in [6.45, 7) is 5.48. The van der Waals surface area contributed by atoms with Crippen molar-refractivity contribution < 1.29 is 14.3 Å². The van der Waals surface area contributed by atoms with Crippen molar-refractivity contribution in [3.05, 3.63) is 70.3 Å². The van der Waals surface area contributed by atoms with Crippen LogP contribution in [0.5, 0.6) is 0 Å². The molecule has 0 bridgehead atoms. The molecule has 2 amide bonds. The average Bonchev–Trinajstić information content (AvgIpc) is 3.19. The molecule has 2 aromatic carbocycles. The first kappa shape index (κ1) is 19.9. The molecule has 4 aliphatic rings. The first-order valence-corrected chi connectivity index (χ1v) is 11.4. The zero-order valence-electron chi connectivity index (χ0n) is 19.0. The Hall–Kier alpha value is -3.56. The Kier molecular flexibility index (Phi) is 3.46. The summed E-state index contributed by atoms with van der Waals surface area (Å²) in [5, 5.41) is 6.79. The van der Waals surface area contributed by atoms with Crippen LogP contribution >= 0.6 is 0 Å². The molecule has 3 aromatic rings. The number of ether oxygens (including phenoxy) is 1. The Balaban J connectivity index is 1.43. The van der Waals surface area contributed by atoms with Crippen LogP contribution in [0.15, 0.2) is 53.3 Å². The van der Waals surface area contributed by atoms with E-state index in [4.69, 9.17) is 9.72 Å². The number of amides is 2. The molecule has 5 heterocycles. The highest BCUT2D eigenvalue weighted by Gasteiger charge is 2.74. The van der Waals surface area contributed by atoms with Gasteiger partial charge in [-0.1, -0.05) is 30.3 Å². The van der Waals surface area contributed by atoms with E-state index in [0.717, 1.165) is 11.3 Å². The normalized spacial score (nSPS) is 32.5. The molecule has 2 fully saturated rings. The Morgan fingerprint density at radius 1 is 1.06 bits per heavy atom. The second-order valence-corrected chi connectivity index (χ2v) is 10.1. The van der Waals surface area contributed by atoms with Gasteiger partial charge in [-0.15, -0.1) is 0 Å². The van der Waals surface area contributed by atoms with E-state index in [1.807, 2.05) is 44.2 Å². The number of carbonyl (C=O) groups is 2. The van der Waals surface area contributed by atoms with Gasteiger partial charge in [0, 0.05) is 12.0 Å². The molecule has 0 unspecified atom stereocenters. The molecule has 1 aromatic heterocycles. The van der Waals surface area contributed by atoms with Gasteiger partial charge in [0.05, 0.1) is 28.2 Å². The summed E-state index contributed by atoms with van der Waals surface area (Å²) in [6.07, 6.45) is -0.294. The Labute approximate surface area is 194 Å². The topological polar surface area (TPSA) is 106 Å². The highest BCUT2D eigenvalue weighted by atomic mass is 16.6. The first-order valence-electron chi connectivity index (χ1n) is 11.4. The molecule has 2 spiro atoms. The minimum Gasteiger partial charge on any atom is -0.342 e. The number of para-hydroxylation sites is 2. The summed E-state index contributed by atoms with van der Waals surface area (Å²) >= 11 is 0. The Bertz CT molecular complexity index is 1500. The van der Waals surface area contributed by atoms with Crippen LogP contribution in [0, 0.1) is 0 Å². The van der Waals surface area contributed by atoms with Crippen molar-refractivity contribution in [2.75, 3.05) is 4.90 Å². The van der Waals surface area contributed by atoms with Gasteiger partial charge in [-0.2, -0.15) is 0 Å². The van der Waals surface area contributed by atoms with E-state index in [0.29, 0.717) is 16.7 Å². The predicted molar refractivity (Wildman–Crippen MR) is 123 cm³/mol. The minimum absolute atomic E-state index is 0.0571. The molecule has 0 saturated carbocycles. The van der Waals surface area contributed by atoms with Crippen molar-refractivity contribution in [1.82, 2.24) is 20.2 Å². The predicted octanol–water partition coefficient (Wildman–Crippen LogP) is 1.61. The fourth-order valence-electron chi connectivity index (χ4n) is 6.12. The monoisotopic (exact) mass is 457 g/mol. The second-order valence-electron chi connectivity index (χ2n) is 10.1. The average molecular weight is 457 g/mol. The molecule has 2 N–H and O–H groups in total. The molecule has 172 valence electrons. The number of anilines is 1. The first-order chi connectivity index (χ1) is 16.2. The van der Waals surface area contributed by atoms with Gasteiger partial charge >= 0.3 is 0 Å². The van der Waals surface area contributed by atoms with Gasteiger partial charge in [0.1, 0.15) is 17.6 Å². The van der Waals surface area contributed by atoms with E-state index in [1.165, 1.54) is 4.57 Å². The van der Waals surface area contributed by atoms with Crippen molar-refractivity contribution in [2.24, 2.45) is 0 Å². The number of aromatic nitrogens is 2. The molecule has 7 rings (SSSR count). The number of rotatable bonds is 0. The zero-order valence-corrected chi connectivity index (χ0v) is 19.0. The van der Waals surface area contributed by atoms with E-state index < -0.39 is 29.1 Å². The third-order valence-electron chi connectivity index (χ3n) is 7.68. The summed E-state index contributed by atoms with van der Waals surface area (Å²) in [5.41, 5.74) is -1.44. The third kappa shape index (κ3) is 2.08. The van der Waals surface area contributed by atoms with E-state index >= 15 is 0 Å². The molecule has 4 atom stereocenters. The van der Waals surface area contributed by atoms with E-state index in [2.05, 4.69) is 10.6 Å². The maximum atomic E-state index is 13.7. The zero-order chi connectivity index (χ0) is 23.6. The quantitative estimate of drug-likeness (QED) is 0.532. The molecule has 9 heteroatoms. The van der Waals surface area contributed by atoms with Crippen LogP contribution in [0.1, 0.15) is 44.6 Å². The fraction of sp³-hybridized carbons (Fsp3) is 0.360. The Morgan fingerprint density at radius 3 is 2.56 bits per heavy atom. The maximum Gasteiger partial charge on any atom is 0.274 e. The molecule has 4 aliphatic heterocycles. The molecule has 2 saturated heterocycles. The third-order valence-corrected chi connectivity index (χ3v) is 7.68. The fourth-order valence-corrected chi connectivity index (χ4v) is 6.12. The van der Waals surface area contributed by atoms with Gasteiger partial charge in [0.2, 0.25) is 11.6 Å². The van der Waals surface area contributed by atoms with Gasteiger partial charge in [-0.25, -0.2) is 4.98 Å². The lowest BCUT2D eigenvalue weighted by atomic mass is 9.76. The van der Waals surface area contributed by atoms with Crippen molar-refractivity contribution in [3.8, 4) is 0 Å². The van der Waals surface area contributed by atoms with Crippen molar-refractivity contribution in [1.29, 1.82) is 0 Å². The smallest absolute Gasteiger partial charge is 0.274 e. The maximum absolute atomic E-state index is 13.7. The van der Waals surface area contributed by atoms with Gasteiger partial charge < -0.3 is 10.1 Å². The van der Waals surface area contributed by atoms with E-state index in [9.17, 15) is 14.4 Å². The number of hydrogen-bond donors (Lipinski definition) is 2. The van der Waals surface area contributed by atoms with E-state index in [1.54, 1.807) is 30.0 Å². The lowest BCUT2D eigenvalue weighted by molar-refractivity contribution is -0.318. The number of hydrogen-bond acceptors (Lipinski definition) is 6. The van der Waals surface area contributed by atoms with Gasteiger partial charge in [-0.3, -0.25) is 29.2 Å². The van der Waals surface area contributed by atoms with Crippen LogP contribution < -0.4 is 21.1 Å². The van der Waals surface area contributed by atoms with Gasteiger partial charge in [0.25, 0.3) is 11.5 Å². The van der Waals surface area contributed by atoms with Gasteiger partial charge in [-0.05, 0) is 39.0 Å². The second kappa shape index (κ2) is 5.92. The van der Waals surface area contributed by atoms with Crippen molar-refractivity contribution in [3.63, 3.8) is 0 Å².